The predicted octanol–water partition coefficient (Wildman–Crippen LogP) is 9.24. The van der Waals surface area contributed by atoms with Crippen LogP contribution < -0.4 is 0 Å². The van der Waals surface area contributed by atoms with Gasteiger partial charge < -0.3 is 0 Å². The first kappa shape index (κ1) is 21.6. The molecule has 2 aliphatic carbocycles. The van der Waals surface area contributed by atoms with Crippen molar-refractivity contribution >= 4 is 47.0 Å². The Balaban J connectivity index is 1.64. The van der Waals surface area contributed by atoms with Crippen LogP contribution in [0.3, 0.4) is 0 Å². The fourth-order valence-corrected chi connectivity index (χ4v) is 5.61. The molecule has 162 valence electrons. The molecular weight excluding hydrogens is 438 g/mol. The number of aryl methyl sites for hydroxylation is 3. The standard InChI is InChI=1S/C30H25NS2/c1-20-14-21(2)28-8-9-29(30(28)22(3)15-20)25-16-26(6-4-23-10-12-32-18-23)31-27(17-25)7-5-24-11-13-33-19-24/h4-19H,1-3H3/b6-4+,7-5+. The van der Waals surface area contributed by atoms with Gasteiger partial charge in [0.2, 0.25) is 0 Å². The van der Waals surface area contributed by atoms with Gasteiger partial charge >= 0.3 is 0 Å². The van der Waals surface area contributed by atoms with Crippen LogP contribution in [0.2, 0.25) is 0 Å². The smallest absolute Gasteiger partial charge is 0.0643 e. The summed E-state index contributed by atoms with van der Waals surface area (Å²) in [4.78, 5) is 4.92. The highest BCUT2D eigenvalue weighted by Crippen LogP contribution is 2.40. The van der Waals surface area contributed by atoms with Crippen molar-refractivity contribution in [1.82, 2.24) is 4.98 Å². The largest absolute Gasteiger partial charge is 0.249 e. The van der Waals surface area contributed by atoms with Gasteiger partial charge in [0, 0.05) is 0 Å². The van der Waals surface area contributed by atoms with Crippen molar-refractivity contribution in [3.05, 3.63) is 109 Å². The molecule has 33 heavy (non-hydrogen) atoms. The maximum atomic E-state index is 4.92. The third-order valence-electron chi connectivity index (χ3n) is 5.82. The summed E-state index contributed by atoms with van der Waals surface area (Å²) in [6, 6.07) is 17.7. The van der Waals surface area contributed by atoms with Gasteiger partial charge in [0.15, 0.2) is 0 Å². The van der Waals surface area contributed by atoms with Gasteiger partial charge in [-0.3, -0.25) is 0 Å². The highest BCUT2D eigenvalue weighted by molar-refractivity contribution is 7.08. The topological polar surface area (TPSA) is 12.9 Å². The Labute approximate surface area is 203 Å². The fourth-order valence-electron chi connectivity index (χ4n) is 4.35. The summed E-state index contributed by atoms with van der Waals surface area (Å²) >= 11 is 3.42. The summed E-state index contributed by atoms with van der Waals surface area (Å²) in [7, 11) is 0. The Kier molecular flexibility index (Phi) is 6.08. The molecule has 0 N–H and O–H groups in total. The maximum absolute atomic E-state index is 4.92. The van der Waals surface area contributed by atoms with Crippen molar-refractivity contribution in [2.24, 2.45) is 0 Å². The van der Waals surface area contributed by atoms with Crippen LogP contribution in [-0.2, 0) is 0 Å². The molecule has 0 aliphatic heterocycles. The molecule has 0 bridgehead atoms. The lowest BCUT2D eigenvalue weighted by Crippen LogP contribution is -1.90. The normalized spacial score (nSPS) is 11.8. The maximum Gasteiger partial charge on any atom is 0.0643 e. The van der Waals surface area contributed by atoms with Gasteiger partial charge in [-0.05, 0) is 123 Å². The van der Waals surface area contributed by atoms with Crippen molar-refractivity contribution in [3.8, 4) is 22.3 Å². The second kappa shape index (κ2) is 9.30. The molecule has 0 saturated carbocycles. The van der Waals surface area contributed by atoms with Crippen molar-refractivity contribution in [3.63, 3.8) is 0 Å². The molecule has 0 amide bonds. The lowest BCUT2D eigenvalue weighted by Gasteiger charge is -2.09. The van der Waals surface area contributed by atoms with E-state index in [-0.39, 0.29) is 0 Å². The second-order valence-electron chi connectivity index (χ2n) is 8.42. The first-order valence-corrected chi connectivity index (χ1v) is 12.9. The highest BCUT2D eigenvalue weighted by Gasteiger charge is 2.16. The number of nitrogens with zero attached hydrogens (tertiary/aromatic N) is 1. The Morgan fingerprint density at radius 2 is 1.21 bits per heavy atom. The van der Waals surface area contributed by atoms with Gasteiger partial charge in [0.1, 0.15) is 0 Å². The van der Waals surface area contributed by atoms with E-state index in [2.05, 4.69) is 115 Å². The van der Waals surface area contributed by atoms with Gasteiger partial charge in [-0.2, -0.15) is 22.7 Å². The number of rotatable bonds is 5. The Hall–Kier alpha value is -3.27. The molecule has 2 aliphatic rings. The van der Waals surface area contributed by atoms with E-state index in [1.54, 1.807) is 22.7 Å². The molecule has 0 fully saturated rings. The number of pyridine rings is 1. The number of hydrogen-bond donors (Lipinski definition) is 0. The van der Waals surface area contributed by atoms with Crippen LogP contribution in [0, 0.1) is 20.8 Å². The molecule has 3 heterocycles. The molecule has 0 radical (unpaired) electrons. The van der Waals surface area contributed by atoms with Crippen LogP contribution in [0.5, 0.6) is 0 Å². The van der Waals surface area contributed by atoms with E-state index in [1.165, 1.54) is 50.1 Å². The molecule has 0 aromatic carbocycles. The van der Waals surface area contributed by atoms with Crippen LogP contribution in [-0.4, -0.2) is 4.98 Å². The molecule has 0 unspecified atom stereocenters. The summed E-state index contributed by atoms with van der Waals surface area (Å²) in [5.74, 6) is 0. The van der Waals surface area contributed by atoms with Crippen LogP contribution in [0.4, 0.5) is 0 Å². The van der Waals surface area contributed by atoms with E-state index in [9.17, 15) is 0 Å². The van der Waals surface area contributed by atoms with Crippen LogP contribution in [0.25, 0.3) is 46.6 Å². The molecule has 3 heteroatoms. The molecule has 3 aromatic rings. The van der Waals surface area contributed by atoms with E-state index in [1.807, 2.05) is 0 Å². The zero-order valence-corrected chi connectivity index (χ0v) is 20.6. The molecule has 3 aromatic heterocycles. The number of hydrogen-bond acceptors (Lipinski definition) is 3. The van der Waals surface area contributed by atoms with Crippen molar-refractivity contribution < 1.29 is 0 Å². The van der Waals surface area contributed by atoms with Crippen LogP contribution in [0.15, 0.2) is 70.1 Å². The van der Waals surface area contributed by atoms with E-state index in [0.717, 1.165) is 11.4 Å². The zero-order valence-electron chi connectivity index (χ0n) is 19.0. The number of thiophene rings is 2. The summed E-state index contributed by atoms with van der Waals surface area (Å²) in [6.07, 6.45) is 8.50. The molecule has 1 nitrogen and oxygen atoms in total. The van der Waals surface area contributed by atoms with E-state index >= 15 is 0 Å². The number of aromatic nitrogens is 1. The lowest BCUT2D eigenvalue weighted by atomic mass is 9.96. The molecule has 0 saturated heterocycles. The minimum absolute atomic E-state index is 0.962. The van der Waals surface area contributed by atoms with Crippen molar-refractivity contribution in [2.75, 3.05) is 0 Å². The van der Waals surface area contributed by atoms with E-state index in [0.29, 0.717) is 0 Å². The molecule has 0 atom stereocenters. The van der Waals surface area contributed by atoms with Crippen molar-refractivity contribution in [2.45, 2.75) is 20.8 Å². The zero-order chi connectivity index (χ0) is 22.8. The quantitative estimate of drug-likeness (QED) is 0.253. The second-order valence-corrected chi connectivity index (χ2v) is 9.98. The Bertz CT molecular complexity index is 1360. The van der Waals surface area contributed by atoms with Gasteiger partial charge in [0.25, 0.3) is 0 Å². The molecule has 5 rings (SSSR count). The van der Waals surface area contributed by atoms with E-state index < -0.39 is 0 Å². The van der Waals surface area contributed by atoms with Crippen molar-refractivity contribution in [1.29, 1.82) is 0 Å². The third kappa shape index (κ3) is 4.75. The van der Waals surface area contributed by atoms with Gasteiger partial charge in [-0.1, -0.05) is 42.0 Å². The highest BCUT2D eigenvalue weighted by atomic mass is 32.1. The molecule has 0 spiro atoms. The average Bonchev–Trinajstić information content (AvgIpc) is 3.56. The summed E-state index contributed by atoms with van der Waals surface area (Å²) < 4.78 is 0. The average molecular weight is 464 g/mol. The van der Waals surface area contributed by atoms with Gasteiger partial charge in [0.05, 0.1) is 11.4 Å². The Morgan fingerprint density at radius 1 is 0.636 bits per heavy atom. The SMILES string of the molecule is Cc1cc(C)c2ccc(-c3cc(/C=C/c4ccsc4)nc(/C=C/c4ccsc4)c3)c-2c(C)c1. The monoisotopic (exact) mass is 463 g/mol. The third-order valence-corrected chi connectivity index (χ3v) is 7.22. The predicted molar refractivity (Wildman–Crippen MR) is 147 cm³/mol. The minimum atomic E-state index is 0.962. The summed E-state index contributed by atoms with van der Waals surface area (Å²) in [6.45, 7) is 6.59. The molecular formula is C30H25NS2. The summed E-state index contributed by atoms with van der Waals surface area (Å²) in [5, 5.41) is 8.50. The first-order chi connectivity index (χ1) is 16.1. The number of fused-ring (bicyclic) bond motifs is 1. The summed E-state index contributed by atoms with van der Waals surface area (Å²) in [5.41, 5.74) is 13.3. The van der Waals surface area contributed by atoms with Gasteiger partial charge in [-0.15, -0.1) is 0 Å². The van der Waals surface area contributed by atoms with E-state index in [4.69, 9.17) is 4.98 Å². The Morgan fingerprint density at radius 3 is 1.79 bits per heavy atom. The van der Waals surface area contributed by atoms with Crippen LogP contribution in [0.1, 0.15) is 39.2 Å². The fraction of sp³-hybridized carbons (Fsp3) is 0.100. The lowest BCUT2D eigenvalue weighted by molar-refractivity contribution is 1.27. The first-order valence-electron chi connectivity index (χ1n) is 11.0. The minimum Gasteiger partial charge on any atom is -0.249 e. The van der Waals surface area contributed by atoms with Crippen LogP contribution >= 0.6 is 22.7 Å². The van der Waals surface area contributed by atoms with Gasteiger partial charge in [-0.25, -0.2) is 4.98 Å².